The van der Waals surface area contributed by atoms with Crippen LogP contribution in [0.2, 0.25) is 5.02 Å². The number of hydrogen-bond donors (Lipinski definition) is 1. The Morgan fingerprint density at radius 2 is 2.21 bits per heavy atom. The van der Waals surface area contributed by atoms with Crippen molar-refractivity contribution in [3.8, 4) is 0 Å². The quantitative estimate of drug-likeness (QED) is 0.623. The van der Waals surface area contributed by atoms with Gasteiger partial charge in [0.2, 0.25) is 0 Å². The van der Waals surface area contributed by atoms with Crippen molar-refractivity contribution in [1.82, 2.24) is 9.80 Å². The summed E-state index contributed by atoms with van der Waals surface area (Å²) in [4.78, 5) is 25.7. The number of rotatable bonds is 6. The van der Waals surface area contributed by atoms with Crippen LogP contribution in [0.25, 0.3) is 0 Å². The number of carboxylic acid groups (broad SMARTS) is 1. The molecule has 0 aliphatic carbocycles. The first kappa shape index (κ1) is 18.6. The fourth-order valence-electron chi connectivity index (χ4n) is 3.16. The molecule has 0 amide bonds. The van der Waals surface area contributed by atoms with Gasteiger partial charge < -0.3 is 5.11 Å². The number of hydrogen-bond acceptors (Lipinski definition) is 5. The zero-order valence-corrected chi connectivity index (χ0v) is 14.4. The number of likely N-dealkylation sites (tertiary alicyclic amines) is 1. The normalized spacial score (nSPS) is 19.2. The highest BCUT2D eigenvalue weighted by molar-refractivity contribution is 6.30. The number of carboxylic acids is 1. The second-order valence-corrected chi connectivity index (χ2v) is 6.64. The second kappa shape index (κ2) is 8.41. The van der Waals surface area contributed by atoms with E-state index in [-0.39, 0.29) is 18.3 Å². The van der Waals surface area contributed by atoms with Crippen molar-refractivity contribution in [1.29, 1.82) is 0 Å². The summed E-state index contributed by atoms with van der Waals surface area (Å²) in [7, 11) is 1.83. The Balaban J connectivity index is 2.00. The molecule has 1 N–H and O–H groups in total. The monoisotopic (exact) mass is 355 g/mol. The van der Waals surface area contributed by atoms with Gasteiger partial charge in [0.1, 0.15) is 0 Å². The zero-order chi connectivity index (χ0) is 17.7. The van der Waals surface area contributed by atoms with Crippen molar-refractivity contribution in [2.45, 2.75) is 31.8 Å². The van der Waals surface area contributed by atoms with E-state index in [0.717, 1.165) is 32.4 Å². The van der Waals surface area contributed by atoms with E-state index in [1.54, 1.807) is 12.1 Å². The number of benzene rings is 1. The van der Waals surface area contributed by atoms with Crippen molar-refractivity contribution in [2.24, 2.45) is 0 Å². The molecule has 1 fully saturated rings. The molecule has 1 aliphatic heterocycles. The third-order valence-electron chi connectivity index (χ3n) is 4.44. The molecule has 1 aliphatic rings. The fourth-order valence-corrected chi connectivity index (χ4v) is 3.33. The maximum Gasteiger partial charge on any atom is 0.317 e. The highest BCUT2D eigenvalue weighted by atomic mass is 35.5. The van der Waals surface area contributed by atoms with Crippen LogP contribution in [0.15, 0.2) is 18.2 Å². The number of nitro benzene ring substituents is 1. The summed E-state index contributed by atoms with van der Waals surface area (Å²) in [5.41, 5.74) is 0.702. The van der Waals surface area contributed by atoms with E-state index in [1.165, 1.54) is 6.07 Å². The van der Waals surface area contributed by atoms with E-state index in [1.807, 2.05) is 11.9 Å². The summed E-state index contributed by atoms with van der Waals surface area (Å²) in [6.07, 6.45) is 2.73. The van der Waals surface area contributed by atoms with Gasteiger partial charge in [-0.25, -0.2) is 0 Å². The van der Waals surface area contributed by atoms with Gasteiger partial charge in [-0.15, -0.1) is 0 Å². The van der Waals surface area contributed by atoms with E-state index >= 15 is 0 Å². The smallest absolute Gasteiger partial charge is 0.317 e. The van der Waals surface area contributed by atoms with Crippen LogP contribution < -0.4 is 0 Å². The molecule has 0 bridgehead atoms. The molecule has 1 unspecified atom stereocenters. The van der Waals surface area contributed by atoms with E-state index in [4.69, 9.17) is 16.7 Å². The summed E-state index contributed by atoms with van der Waals surface area (Å²) in [6, 6.07) is 4.99. The summed E-state index contributed by atoms with van der Waals surface area (Å²) in [6.45, 7) is 2.17. The standard InChI is InChI=1S/C16H22ClN3O4/c1-18(11-16(21)22)14-3-2-7-19(8-6-14)10-12-4-5-13(17)9-15(12)20(23)24/h4-5,9,14H,2-3,6-8,10-11H2,1H3,(H,21,22). The van der Waals surface area contributed by atoms with Crippen LogP contribution in [-0.2, 0) is 11.3 Å². The van der Waals surface area contributed by atoms with E-state index < -0.39 is 10.9 Å². The Labute approximate surface area is 146 Å². The number of halogens is 1. The Morgan fingerprint density at radius 3 is 2.88 bits per heavy atom. The van der Waals surface area contributed by atoms with Crippen molar-refractivity contribution >= 4 is 23.3 Å². The van der Waals surface area contributed by atoms with Gasteiger partial charge in [0.05, 0.1) is 11.5 Å². The lowest BCUT2D eigenvalue weighted by atomic mass is 10.1. The van der Waals surface area contributed by atoms with Crippen molar-refractivity contribution < 1.29 is 14.8 Å². The van der Waals surface area contributed by atoms with Gasteiger partial charge in [-0.3, -0.25) is 24.7 Å². The Hall–Kier alpha value is -1.70. The van der Waals surface area contributed by atoms with Gasteiger partial charge in [-0.05, 0) is 51.5 Å². The molecule has 132 valence electrons. The van der Waals surface area contributed by atoms with Crippen LogP contribution in [0.1, 0.15) is 24.8 Å². The summed E-state index contributed by atoms with van der Waals surface area (Å²) < 4.78 is 0. The third kappa shape index (κ3) is 5.15. The third-order valence-corrected chi connectivity index (χ3v) is 4.67. The Morgan fingerprint density at radius 1 is 1.46 bits per heavy atom. The predicted octanol–water partition coefficient (Wildman–Crippen LogP) is 2.62. The predicted molar refractivity (Wildman–Crippen MR) is 91.3 cm³/mol. The first-order valence-electron chi connectivity index (χ1n) is 7.94. The first-order valence-corrected chi connectivity index (χ1v) is 8.32. The van der Waals surface area contributed by atoms with E-state index in [2.05, 4.69) is 4.90 Å². The number of nitro groups is 1. The molecule has 0 radical (unpaired) electrons. The number of carbonyl (C=O) groups is 1. The van der Waals surface area contributed by atoms with Crippen LogP contribution in [-0.4, -0.2) is 58.5 Å². The lowest BCUT2D eigenvalue weighted by molar-refractivity contribution is -0.385. The molecule has 1 atom stereocenters. The van der Waals surface area contributed by atoms with Gasteiger partial charge in [-0.2, -0.15) is 0 Å². The molecular weight excluding hydrogens is 334 g/mol. The minimum Gasteiger partial charge on any atom is -0.480 e. The molecular formula is C16H22ClN3O4. The van der Waals surface area contributed by atoms with Crippen LogP contribution in [0.4, 0.5) is 5.69 Å². The van der Waals surface area contributed by atoms with Crippen LogP contribution in [0, 0.1) is 10.1 Å². The van der Waals surface area contributed by atoms with Crippen LogP contribution >= 0.6 is 11.6 Å². The maximum absolute atomic E-state index is 11.2. The average Bonchev–Trinajstić information content (AvgIpc) is 2.74. The Bertz CT molecular complexity index is 611. The van der Waals surface area contributed by atoms with E-state index in [9.17, 15) is 14.9 Å². The van der Waals surface area contributed by atoms with Crippen LogP contribution in [0.3, 0.4) is 0 Å². The molecule has 2 rings (SSSR count). The molecule has 0 aromatic heterocycles. The maximum atomic E-state index is 11.2. The number of likely N-dealkylation sites (N-methyl/N-ethyl adjacent to an activating group) is 1. The number of aliphatic carboxylic acids is 1. The van der Waals surface area contributed by atoms with Gasteiger partial charge in [0.25, 0.3) is 5.69 Å². The molecule has 1 saturated heterocycles. The summed E-state index contributed by atoms with van der Waals surface area (Å²) >= 11 is 5.85. The Kier molecular flexibility index (Phi) is 6.53. The summed E-state index contributed by atoms with van der Waals surface area (Å²) in [5, 5.41) is 20.5. The van der Waals surface area contributed by atoms with Crippen molar-refractivity contribution in [2.75, 3.05) is 26.7 Å². The largest absolute Gasteiger partial charge is 0.480 e. The molecule has 0 saturated carbocycles. The molecule has 7 nitrogen and oxygen atoms in total. The highest BCUT2D eigenvalue weighted by Gasteiger charge is 2.23. The fraction of sp³-hybridized carbons (Fsp3) is 0.562. The van der Waals surface area contributed by atoms with E-state index in [0.29, 0.717) is 17.1 Å². The second-order valence-electron chi connectivity index (χ2n) is 6.20. The van der Waals surface area contributed by atoms with Crippen molar-refractivity contribution in [3.05, 3.63) is 38.9 Å². The van der Waals surface area contributed by atoms with Gasteiger partial charge in [-0.1, -0.05) is 11.6 Å². The zero-order valence-electron chi connectivity index (χ0n) is 13.7. The number of nitrogens with zero attached hydrogens (tertiary/aromatic N) is 3. The summed E-state index contributed by atoms with van der Waals surface area (Å²) in [5.74, 6) is -0.824. The molecule has 8 heteroatoms. The first-order chi connectivity index (χ1) is 11.4. The van der Waals surface area contributed by atoms with Gasteiger partial charge >= 0.3 is 5.97 Å². The van der Waals surface area contributed by atoms with Crippen molar-refractivity contribution in [3.63, 3.8) is 0 Å². The molecule has 1 aromatic carbocycles. The minimum absolute atomic E-state index is 0.0350. The topological polar surface area (TPSA) is 86.9 Å². The highest BCUT2D eigenvalue weighted by Crippen LogP contribution is 2.26. The molecule has 1 aromatic rings. The lowest BCUT2D eigenvalue weighted by Gasteiger charge is -2.25. The van der Waals surface area contributed by atoms with Gasteiger partial charge in [0, 0.05) is 29.2 Å². The van der Waals surface area contributed by atoms with Gasteiger partial charge in [0.15, 0.2) is 0 Å². The lowest BCUT2D eigenvalue weighted by Crippen LogP contribution is -2.36. The molecule has 0 spiro atoms. The SMILES string of the molecule is CN(CC(=O)O)C1CCCN(Cc2ccc(Cl)cc2[N+](=O)[O-])CC1. The van der Waals surface area contributed by atoms with Crippen LogP contribution in [0.5, 0.6) is 0 Å². The average molecular weight is 356 g/mol. The molecule has 24 heavy (non-hydrogen) atoms. The minimum atomic E-state index is -0.824. The molecule has 1 heterocycles.